The zero-order valence-corrected chi connectivity index (χ0v) is 34.4. The Labute approximate surface area is 369 Å². The van der Waals surface area contributed by atoms with Crippen LogP contribution in [0.2, 0.25) is 0 Å². The summed E-state index contributed by atoms with van der Waals surface area (Å²) in [6.07, 6.45) is 1.82. The van der Waals surface area contributed by atoms with E-state index in [1.165, 1.54) is 0 Å². The number of fused-ring (bicyclic) bond motifs is 6. The number of hydrogen-bond donors (Lipinski definition) is 0. The summed E-state index contributed by atoms with van der Waals surface area (Å²) in [5, 5.41) is 12.3. The summed E-state index contributed by atoms with van der Waals surface area (Å²) < 4.78 is 6.32. The van der Waals surface area contributed by atoms with Crippen molar-refractivity contribution in [2.75, 3.05) is 0 Å². The zero-order chi connectivity index (χ0) is 42.6. The van der Waals surface area contributed by atoms with E-state index in [9.17, 15) is 5.26 Å². The number of aromatic nitrogens is 4. The van der Waals surface area contributed by atoms with Crippen LogP contribution in [0.15, 0.2) is 217 Å². The summed E-state index contributed by atoms with van der Waals surface area (Å²) in [6, 6.07) is 73.3. The molecule has 1 aliphatic rings. The van der Waals surface area contributed by atoms with Crippen molar-refractivity contribution in [2.24, 2.45) is 0 Å². The number of nitriles is 1. The minimum atomic E-state index is -0.688. The van der Waals surface area contributed by atoms with E-state index in [4.69, 9.17) is 24.4 Å². The number of para-hydroxylation sites is 1. The summed E-state index contributed by atoms with van der Waals surface area (Å²) in [4.78, 5) is 20.3. The van der Waals surface area contributed by atoms with Crippen LogP contribution in [-0.4, -0.2) is 19.9 Å². The first-order valence-electron chi connectivity index (χ1n) is 21.2. The smallest absolute Gasteiger partial charge is 0.164 e. The molecule has 0 bridgehead atoms. The third kappa shape index (κ3) is 6.02. The topological polar surface area (TPSA) is 88.5 Å². The molecule has 0 fully saturated rings. The Morgan fingerprint density at radius 1 is 0.406 bits per heavy atom. The van der Waals surface area contributed by atoms with E-state index < -0.39 is 5.41 Å². The van der Waals surface area contributed by atoms with Crippen molar-refractivity contribution in [3.8, 4) is 73.7 Å². The predicted molar refractivity (Wildman–Crippen MR) is 254 cm³/mol. The van der Waals surface area contributed by atoms with E-state index in [0.29, 0.717) is 23.0 Å². The molecule has 0 amide bonds. The molecule has 64 heavy (non-hydrogen) atoms. The molecule has 8 aromatic carbocycles. The third-order valence-electron chi connectivity index (χ3n) is 12.5. The summed E-state index contributed by atoms with van der Waals surface area (Å²) in [6.45, 7) is 0. The molecule has 0 aliphatic heterocycles. The highest BCUT2D eigenvalue weighted by atomic mass is 16.3. The van der Waals surface area contributed by atoms with Gasteiger partial charge in [0.15, 0.2) is 17.5 Å². The van der Waals surface area contributed by atoms with Gasteiger partial charge in [-0.1, -0.05) is 140 Å². The maximum absolute atomic E-state index is 10.2. The van der Waals surface area contributed by atoms with Crippen molar-refractivity contribution in [2.45, 2.75) is 5.41 Å². The van der Waals surface area contributed by atoms with Gasteiger partial charge in [0.1, 0.15) is 11.2 Å². The Kier molecular flexibility index (Phi) is 8.66. The van der Waals surface area contributed by atoms with Gasteiger partial charge >= 0.3 is 0 Å². The molecule has 0 spiro atoms. The minimum Gasteiger partial charge on any atom is -0.456 e. The van der Waals surface area contributed by atoms with Gasteiger partial charge in [0.25, 0.3) is 0 Å². The van der Waals surface area contributed by atoms with Crippen LogP contribution in [0.4, 0.5) is 0 Å². The lowest BCUT2D eigenvalue weighted by atomic mass is 9.67. The summed E-state index contributed by atoms with van der Waals surface area (Å²) >= 11 is 0. The largest absolute Gasteiger partial charge is 0.456 e. The van der Waals surface area contributed by atoms with Crippen LogP contribution in [0.25, 0.3) is 89.6 Å². The summed E-state index contributed by atoms with van der Waals surface area (Å²) in [5.41, 5.74) is 14.6. The molecule has 12 rings (SSSR count). The van der Waals surface area contributed by atoms with Gasteiger partial charge in [-0.15, -0.1) is 0 Å². The van der Waals surface area contributed by atoms with Crippen molar-refractivity contribution < 1.29 is 4.42 Å². The number of hydrogen-bond acceptors (Lipinski definition) is 6. The third-order valence-corrected chi connectivity index (χ3v) is 12.5. The maximum Gasteiger partial charge on any atom is 0.164 e. The molecule has 6 nitrogen and oxygen atoms in total. The van der Waals surface area contributed by atoms with E-state index in [-0.39, 0.29) is 0 Å². The van der Waals surface area contributed by atoms with Crippen LogP contribution in [0, 0.1) is 11.3 Å². The second-order valence-electron chi connectivity index (χ2n) is 16.1. The standard InChI is InChI=1S/C58H35N5O/c59-36-37-23-26-46-47-27-24-39(34-51(47)58(50(46)30-37,44-16-6-2-7-17-44)45-18-8-3-9-19-45)41-31-42(52-21-12-13-29-60-52)33-43(32-41)57-62-55(38-14-4-1-5-15-38)61-56(63-57)40-25-28-49-48-20-10-11-22-53(48)64-54(49)35-40/h1-35H. The number of nitrogens with zero attached hydrogens (tertiary/aromatic N) is 5. The molecule has 3 aromatic heterocycles. The average Bonchev–Trinajstić information content (AvgIpc) is 3.90. The molecule has 0 radical (unpaired) electrons. The van der Waals surface area contributed by atoms with Gasteiger partial charge < -0.3 is 4.42 Å². The van der Waals surface area contributed by atoms with Gasteiger partial charge in [0.2, 0.25) is 0 Å². The van der Waals surface area contributed by atoms with Crippen molar-refractivity contribution >= 4 is 21.9 Å². The van der Waals surface area contributed by atoms with Gasteiger partial charge in [0, 0.05) is 39.2 Å². The highest BCUT2D eigenvalue weighted by Crippen LogP contribution is 2.57. The van der Waals surface area contributed by atoms with Crippen LogP contribution >= 0.6 is 0 Å². The van der Waals surface area contributed by atoms with E-state index in [1.54, 1.807) is 0 Å². The maximum atomic E-state index is 10.2. The molecule has 0 unspecified atom stereocenters. The molecule has 298 valence electrons. The van der Waals surface area contributed by atoms with Crippen molar-refractivity contribution in [1.82, 2.24) is 19.9 Å². The highest BCUT2D eigenvalue weighted by molar-refractivity contribution is 6.05. The quantitative estimate of drug-likeness (QED) is 0.159. The minimum absolute atomic E-state index is 0.535. The fourth-order valence-electron chi connectivity index (χ4n) is 9.56. The summed E-state index contributed by atoms with van der Waals surface area (Å²) in [5.74, 6) is 1.64. The Balaban J connectivity index is 1.08. The lowest BCUT2D eigenvalue weighted by molar-refractivity contribution is 0.669. The molecular formula is C58H35N5O. The van der Waals surface area contributed by atoms with Crippen molar-refractivity contribution in [1.29, 1.82) is 5.26 Å². The molecule has 0 saturated heterocycles. The molecule has 0 atom stereocenters. The molecule has 3 heterocycles. The first-order valence-corrected chi connectivity index (χ1v) is 21.2. The van der Waals surface area contributed by atoms with Gasteiger partial charge in [-0.25, -0.2) is 15.0 Å². The normalized spacial score (nSPS) is 12.5. The van der Waals surface area contributed by atoms with Gasteiger partial charge in [-0.3, -0.25) is 4.98 Å². The highest BCUT2D eigenvalue weighted by Gasteiger charge is 2.46. The Bertz CT molecular complexity index is 3580. The molecule has 11 aromatic rings. The molecule has 1 aliphatic carbocycles. The van der Waals surface area contributed by atoms with E-state index in [0.717, 1.165) is 94.4 Å². The second kappa shape index (κ2) is 15.0. The number of benzene rings is 8. The Hall–Kier alpha value is -8.79. The van der Waals surface area contributed by atoms with E-state index in [1.807, 2.05) is 85.1 Å². The van der Waals surface area contributed by atoms with Crippen LogP contribution < -0.4 is 0 Å². The fraction of sp³-hybridized carbons (Fsp3) is 0.0172. The Morgan fingerprint density at radius 3 is 1.70 bits per heavy atom. The van der Waals surface area contributed by atoms with E-state index >= 15 is 0 Å². The first-order chi connectivity index (χ1) is 31.6. The number of rotatable bonds is 7. The van der Waals surface area contributed by atoms with Crippen LogP contribution in [0.3, 0.4) is 0 Å². The van der Waals surface area contributed by atoms with Crippen LogP contribution in [0.5, 0.6) is 0 Å². The van der Waals surface area contributed by atoms with Crippen LogP contribution in [-0.2, 0) is 5.41 Å². The first kappa shape index (κ1) is 37.0. The Morgan fingerprint density at radius 2 is 0.984 bits per heavy atom. The molecule has 0 N–H and O–H groups in total. The lowest BCUT2D eigenvalue weighted by Crippen LogP contribution is -2.28. The molecule has 0 saturated carbocycles. The molecular weight excluding hydrogens is 783 g/mol. The fourth-order valence-corrected chi connectivity index (χ4v) is 9.56. The van der Waals surface area contributed by atoms with E-state index in [2.05, 4.69) is 133 Å². The van der Waals surface area contributed by atoms with Gasteiger partial charge in [-0.2, -0.15) is 5.26 Å². The number of furan rings is 1. The van der Waals surface area contributed by atoms with Crippen molar-refractivity contribution in [3.63, 3.8) is 0 Å². The SMILES string of the molecule is N#Cc1ccc2c(c1)C(c1ccccc1)(c1ccccc1)c1cc(-c3cc(-c4ccccn4)cc(-c4nc(-c5ccccc5)nc(-c5ccc6c(c5)oc5ccccc56)n4)c3)ccc1-2. The average molecular weight is 818 g/mol. The van der Waals surface area contributed by atoms with Crippen LogP contribution in [0.1, 0.15) is 27.8 Å². The zero-order valence-electron chi connectivity index (χ0n) is 34.4. The number of pyridine rings is 1. The second-order valence-corrected chi connectivity index (χ2v) is 16.1. The predicted octanol–water partition coefficient (Wildman–Crippen LogP) is 13.7. The summed E-state index contributed by atoms with van der Waals surface area (Å²) in [7, 11) is 0. The monoisotopic (exact) mass is 817 g/mol. The lowest BCUT2D eigenvalue weighted by Gasteiger charge is -2.34. The molecule has 6 heteroatoms. The van der Waals surface area contributed by atoms with Gasteiger partial charge in [0.05, 0.1) is 22.7 Å². The van der Waals surface area contributed by atoms with Gasteiger partial charge in [-0.05, 0) is 111 Å². The van der Waals surface area contributed by atoms with Crippen molar-refractivity contribution in [3.05, 3.63) is 240 Å².